The smallest absolute Gasteiger partial charge is 0.317 e. The van der Waals surface area contributed by atoms with E-state index in [-0.39, 0.29) is 17.9 Å². The number of fused-ring (bicyclic) bond motifs is 1. The summed E-state index contributed by atoms with van der Waals surface area (Å²) in [4.78, 5) is 17.9. The van der Waals surface area contributed by atoms with Crippen molar-refractivity contribution in [2.24, 2.45) is 0 Å². The van der Waals surface area contributed by atoms with E-state index in [0.29, 0.717) is 32.1 Å². The lowest BCUT2D eigenvalue weighted by atomic mass is 9.81. The summed E-state index contributed by atoms with van der Waals surface area (Å²) in [6.07, 6.45) is 2.95. The zero-order valence-electron chi connectivity index (χ0n) is 18.2. The zero-order valence-corrected chi connectivity index (χ0v) is 19.1. The molecule has 4 rings (SSSR count). The average molecular weight is 452 g/mol. The molecule has 6 nitrogen and oxygen atoms in total. The number of nitrogens with zero attached hydrogens (tertiary/aromatic N) is 4. The van der Waals surface area contributed by atoms with E-state index in [9.17, 15) is 9.18 Å². The number of hydrogen-bond donors (Lipinski definition) is 1. The second-order valence-electron chi connectivity index (χ2n) is 8.99. The molecule has 9 heteroatoms. The number of benzene rings is 1. The molecule has 0 radical (unpaired) electrons. The Hall–Kier alpha value is -2.00. The van der Waals surface area contributed by atoms with Crippen molar-refractivity contribution in [3.05, 3.63) is 24.0 Å². The fraction of sp³-hybridized carbons (Fsp3) is 0.636. The van der Waals surface area contributed by atoms with Crippen LogP contribution in [0.4, 0.5) is 19.4 Å². The zero-order chi connectivity index (χ0) is 22.0. The highest BCUT2D eigenvalue weighted by Gasteiger charge is 2.36. The fourth-order valence-electron chi connectivity index (χ4n) is 4.50. The van der Waals surface area contributed by atoms with Gasteiger partial charge >= 0.3 is 6.03 Å². The minimum atomic E-state index is -1.13. The van der Waals surface area contributed by atoms with Gasteiger partial charge in [0, 0.05) is 58.2 Å². The summed E-state index contributed by atoms with van der Waals surface area (Å²) in [7, 11) is 3.43. The van der Waals surface area contributed by atoms with Crippen LogP contribution in [0.2, 0.25) is 0 Å². The Bertz CT molecular complexity index is 904. The Kier molecular flexibility index (Phi) is 6.62. The molecule has 2 amide bonds. The number of urea groups is 1. The molecule has 1 saturated carbocycles. The van der Waals surface area contributed by atoms with Gasteiger partial charge in [0.25, 0.3) is 0 Å². The first-order chi connectivity index (χ1) is 14.8. The number of anilines is 1. The number of piperazine rings is 1. The standard InChI is InChI=1S/C22H31F2N5OS/c1-27(2)21(30)25-17-5-7-22(24,8-6-17)9-10-28-11-13-29(14-12-28)20-18-4-3-16(23)15-19(18)31-26-20/h3-4,15,17H,5-14H2,1-2H3,(H,25,30). The molecule has 1 aliphatic heterocycles. The predicted molar refractivity (Wildman–Crippen MR) is 121 cm³/mol. The van der Waals surface area contributed by atoms with Crippen LogP contribution in [-0.4, -0.2) is 78.7 Å². The number of rotatable bonds is 5. The molecule has 1 N–H and O–H groups in total. The summed E-state index contributed by atoms with van der Waals surface area (Å²) in [5, 5.41) is 3.97. The lowest BCUT2D eigenvalue weighted by Gasteiger charge is -2.38. The molecule has 1 aliphatic carbocycles. The molecular formula is C22H31F2N5OS. The van der Waals surface area contributed by atoms with E-state index in [1.807, 2.05) is 0 Å². The number of halogens is 2. The molecule has 2 fully saturated rings. The predicted octanol–water partition coefficient (Wildman–Crippen LogP) is 3.87. The maximum Gasteiger partial charge on any atom is 0.317 e. The molecule has 2 heterocycles. The fourth-order valence-corrected chi connectivity index (χ4v) is 5.32. The minimum absolute atomic E-state index is 0.0729. The van der Waals surface area contributed by atoms with Crippen molar-refractivity contribution in [2.45, 2.75) is 43.8 Å². The van der Waals surface area contributed by atoms with E-state index in [1.165, 1.54) is 28.6 Å². The van der Waals surface area contributed by atoms with Crippen molar-refractivity contribution < 1.29 is 13.6 Å². The molecule has 1 aromatic heterocycles. The van der Waals surface area contributed by atoms with Crippen LogP contribution in [0.25, 0.3) is 10.1 Å². The monoisotopic (exact) mass is 451 g/mol. The SMILES string of the molecule is CN(C)C(=O)NC1CCC(F)(CCN2CCN(c3nsc4cc(F)ccc34)CC2)CC1. The van der Waals surface area contributed by atoms with Crippen molar-refractivity contribution in [2.75, 3.05) is 51.7 Å². The Morgan fingerprint density at radius 1 is 1.26 bits per heavy atom. The van der Waals surface area contributed by atoms with Gasteiger partial charge in [0.15, 0.2) is 0 Å². The third kappa shape index (κ3) is 5.26. The maximum atomic E-state index is 15.3. The molecule has 2 aliphatic rings. The first kappa shape index (κ1) is 22.2. The lowest BCUT2D eigenvalue weighted by Crippen LogP contribution is -2.49. The number of nitrogens with one attached hydrogen (secondary N) is 1. The number of carbonyl (C=O) groups is 1. The highest BCUT2D eigenvalue weighted by atomic mass is 32.1. The van der Waals surface area contributed by atoms with Crippen LogP contribution in [0.15, 0.2) is 18.2 Å². The summed E-state index contributed by atoms with van der Waals surface area (Å²) >= 11 is 1.33. The normalized spacial score (nSPS) is 25.0. The van der Waals surface area contributed by atoms with Gasteiger partial charge in [-0.2, -0.15) is 4.37 Å². The largest absolute Gasteiger partial charge is 0.353 e. The maximum absolute atomic E-state index is 15.3. The molecule has 31 heavy (non-hydrogen) atoms. The van der Waals surface area contributed by atoms with Crippen molar-refractivity contribution in [3.63, 3.8) is 0 Å². The van der Waals surface area contributed by atoms with E-state index < -0.39 is 5.67 Å². The number of carbonyl (C=O) groups excluding carboxylic acids is 1. The number of alkyl halides is 1. The molecule has 0 unspecified atom stereocenters. The summed E-state index contributed by atoms with van der Waals surface area (Å²) in [6, 6.07) is 4.79. The number of aromatic nitrogens is 1. The minimum Gasteiger partial charge on any atom is -0.353 e. The summed E-state index contributed by atoms with van der Waals surface area (Å²) < 4.78 is 34.1. The summed E-state index contributed by atoms with van der Waals surface area (Å²) in [5.74, 6) is 0.696. The van der Waals surface area contributed by atoms with E-state index in [2.05, 4.69) is 19.5 Å². The quantitative estimate of drug-likeness (QED) is 0.750. The Balaban J connectivity index is 1.23. The number of amides is 2. The van der Waals surface area contributed by atoms with E-state index in [0.717, 1.165) is 48.6 Å². The topological polar surface area (TPSA) is 51.7 Å². The number of hydrogen-bond acceptors (Lipinski definition) is 5. The molecule has 170 valence electrons. The van der Waals surface area contributed by atoms with Crippen LogP contribution < -0.4 is 10.2 Å². The molecule has 0 bridgehead atoms. The van der Waals surface area contributed by atoms with Crippen LogP contribution in [0.5, 0.6) is 0 Å². The second-order valence-corrected chi connectivity index (χ2v) is 9.80. The average Bonchev–Trinajstić information content (AvgIpc) is 3.17. The van der Waals surface area contributed by atoms with Gasteiger partial charge in [0.1, 0.15) is 17.3 Å². The van der Waals surface area contributed by atoms with Crippen LogP contribution in [-0.2, 0) is 0 Å². The highest BCUT2D eigenvalue weighted by molar-refractivity contribution is 7.13. The molecule has 0 atom stereocenters. The molecular weight excluding hydrogens is 420 g/mol. The molecule has 1 aromatic carbocycles. The van der Waals surface area contributed by atoms with Gasteiger partial charge < -0.3 is 15.1 Å². The van der Waals surface area contributed by atoms with Crippen LogP contribution in [0.1, 0.15) is 32.1 Å². The lowest BCUT2D eigenvalue weighted by molar-refractivity contribution is 0.0681. The van der Waals surface area contributed by atoms with Gasteiger partial charge in [-0.1, -0.05) is 0 Å². The van der Waals surface area contributed by atoms with E-state index in [4.69, 9.17) is 0 Å². The highest BCUT2D eigenvalue weighted by Crippen LogP contribution is 2.35. The summed E-state index contributed by atoms with van der Waals surface area (Å²) in [6.45, 7) is 4.18. The van der Waals surface area contributed by atoms with E-state index >= 15 is 4.39 Å². The van der Waals surface area contributed by atoms with Gasteiger partial charge in [0.2, 0.25) is 0 Å². The van der Waals surface area contributed by atoms with Crippen molar-refractivity contribution in [1.29, 1.82) is 0 Å². The first-order valence-corrected chi connectivity index (χ1v) is 11.8. The summed E-state index contributed by atoms with van der Waals surface area (Å²) in [5.41, 5.74) is -1.13. The third-order valence-corrected chi connectivity index (χ3v) is 7.38. The Labute approximate surface area is 186 Å². The van der Waals surface area contributed by atoms with Gasteiger partial charge in [0.05, 0.1) is 4.70 Å². The van der Waals surface area contributed by atoms with Gasteiger partial charge in [-0.15, -0.1) is 0 Å². The van der Waals surface area contributed by atoms with Crippen LogP contribution >= 0.6 is 11.5 Å². The third-order valence-electron chi connectivity index (χ3n) is 6.58. The molecule has 0 spiro atoms. The molecule has 2 aromatic rings. The van der Waals surface area contributed by atoms with E-state index in [1.54, 1.807) is 20.2 Å². The van der Waals surface area contributed by atoms with Gasteiger partial charge in [-0.25, -0.2) is 13.6 Å². The Morgan fingerprint density at radius 3 is 2.65 bits per heavy atom. The van der Waals surface area contributed by atoms with Crippen molar-refractivity contribution in [3.8, 4) is 0 Å². The van der Waals surface area contributed by atoms with Gasteiger partial charge in [-0.3, -0.25) is 4.90 Å². The molecule has 1 saturated heterocycles. The van der Waals surface area contributed by atoms with Crippen LogP contribution in [0.3, 0.4) is 0 Å². The van der Waals surface area contributed by atoms with Crippen molar-refractivity contribution in [1.82, 2.24) is 19.5 Å². The van der Waals surface area contributed by atoms with Gasteiger partial charge in [-0.05, 0) is 61.8 Å². The van der Waals surface area contributed by atoms with Crippen molar-refractivity contribution >= 4 is 33.5 Å². The second kappa shape index (κ2) is 9.24. The first-order valence-electron chi connectivity index (χ1n) is 11.0. The Morgan fingerprint density at radius 2 is 1.97 bits per heavy atom. The van der Waals surface area contributed by atoms with Crippen LogP contribution in [0, 0.1) is 5.82 Å².